The Balaban J connectivity index is 1.21. The predicted molar refractivity (Wildman–Crippen MR) is 120 cm³/mol. The van der Waals surface area contributed by atoms with Gasteiger partial charge in [-0.2, -0.15) is 0 Å². The molecule has 0 aliphatic carbocycles. The van der Waals surface area contributed by atoms with Gasteiger partial charge in [-0.25, -0.2) is 4.79 Å². The molecule has 1 unspecified atom stereocenters. The van der Waals surface area contributed by atoms with Gasteiger partial charge in [-0.1, -0.05) is 35.3 Å². The average Bonchev–Trinajstić information content (AvgIpc) is 3.22. The Bertz CT molecular complexity index is 1020. The minimum atomic E-state index is -0.200. The monoisotopic (exact) mass is 446 g/mol. The first-order chi connectivity index (χ1) is 14.6. The van der Waals surface area contributed by atoms with Gasteiger partial charge in [0.15, 0.2) is 0 Å². The molecule has 1 fully saturated rings. The normalized spacial score (nSPS) is 17.2. The van der Waals surface area contributed by atoms with Crippen LogP contribution >= 0.6 is 23.2 Å². The number of aromatic nitrogens is 1. The summed E-state index contributed by atoms with van der Waals surface area (Å²) in [6.07, 6.45) is 1.85. The first kappa shape index (κ1) is 21.0. The Morgan fingerprint density at radius 2 is 1.97 bits per heavy atom. The zero-order valence-corrected chi connectivity index (χ0v) is 18.0. The van der Waals surface area contributed by atoms with Crippen LogP contribution in [-0.4, -0.2) is 48.3 Å². The van der Waals surface area contributed by atoms with E-state index in [4.69, 9.17) is 27.9 Å². The van der Waals surface area contributed by atoms with Crippen molar-refractivity contribution in [3.8, 4) is 0 Å². The van der Waals surface area contributed by atoms with Crippen molar-refractivity contribution in [2.75, 3.05) is 26.2 Å². The molecular weight excluding hydrogens is 423 g/mol. The standard InChI is InChI=1S/C22H24Cl2N4O2/c23-19-3-1-16(10-20(19)24)13-28-7-8-30-18(14-28)12-27-22(29)26-11-15-2-4-21-17(9-15)5-6-25-21/h1-6,9-10,18,25H,7-8,11-14H2,(H2,26,27,29). The molecule has 1 aliphatic rings. The number of morpholine rings is 1. The molecule has 2 heterocycles. The molecule has 8 heteroatoms. The number of aromatic amines is 1. The molecule has 2 aromatic carbocycles. The average molecular weight is 447 g/mol. The Hall–Kier alpha value is -2.25. The third-order valence-corrected chi connectivity index (χ3v) is 5.91. The highest BCUT2D eigenvalue weighted by Crippen LogP contribution is 2.23. The first-order valence-corrected chi connectivity index (χ1v) is 10.7. The van der Waals surface area contributed by atoms with Gasteiger partial charge in [0.25, 0.3) is 0 Å². The lowest BCUT2D eigenvalue weighted by Crippen LogP contribution is -2.48. The number of hydrogen-bond acceptors (Lipinski definition) is 3. The molecule has 6 nitrogen and oxygen atoms in total. The lowest BCUT2D eigenvalue weighted by Gasteiger charge is -2.33. The van der Waals surface area contributed by atoms with Crippen LogP contribution in [0.15, 0.2) is 48.7 Å². The molecule has 3 N–H and O–H groups in total. The van der Waals surface area contributed by atoms with Crippen molar-refractivity contribution >= 4 is 40.1 Å². The highest BCUT2D eigenvalue weighted by molar-refractivity contribution is 6.42. The molecule has 1 atom stereocenters. The van der Waals surface area contributed by atoms with Crippen LogP contribution in [0.3, 0.4) is 0 Å². The van der Waals surface area contributed by atoms with Gasteiger partial charge in [0.1, 0.15) is 0 Å². The van der Waals surface area contributed by atoms with Crippen molar-refractivity contribution in [2.24, 2.45) is 0 Å². The number of halogens is 2. The maximum absolute atomic E-state index is 12.2. The van der Waals surface area contributed by atoms with Gasteiger partial charge < -0.3 is 20.4 Å². The summed E-state index contributed by atoms with van der Waals surface area (Å²) >= 11 is 12.1. The van der Waals surface area contributed by atoms with E-state index in [1.807, 2.05) is 42.6 Å². The van der Waals surface area contributed by atoms with Crippen molar-refractivity contribution in [1.82, 2.24) is 20.5 Å². The number of nitrogens with zero attached hydrogens (tertiary/aromatic N) is 1. The summed E-state index contributed by atoms with van der Waals surface area (Å²) in [5, 5.41) is 8.06. The Morgan fingerprint density at radius 1 is 1.10 bits per heavy atom. The van der Waals surface area contributed by atoms with Crippen LogP contribution < -0.4 is 10.6 Å². The molecule has 1 saturated heterocycles. The topological polar surface area (TPSA) is 69.4 Å². The van der Waals surface area contributed by atoms with Crippen molar-refractivity contribution in [3.63, 3.8) is 0 Å². The van der Waals surface area contributed by atoms with E-state index < -0.39 is 0 Å². The fourth-order valence-electron chi connectivity index (χ4n) is 3.61. The molecule has 2 amide bonds. The summed E-state index contributed by atoms with van der Waals surface area (Å²) < 4.78 is 5.81. The summed E-state index contributed by atoms with van der Waals surface area (Å²) in [6.45, 7) is 3.91. The summed E-state index contributed by atoms with van der Waals surface area (Å²) in [7, 11) is 0. The fourth-order valence-corrected chi connectivity index (χ4v) is 3.93. The fraction of sp³-hybridized carbons (Fsp3) is 0.318. The Morgan fingerprint density at radius 3 is 2.83 bits per heavy atom. The Kier molecular flexibility index (Phi) is 6.79. The van der Waals surface area contributed by atoms with E-state index in [9.17, 15) is 4.79 Å². The van der Waals surface area contributed by atoms with Crippen molar-refractivity contribution in [2.45, 2.75) is 19.2 Å². The highest BCUT2D eigenvalue weighted by atomic mass is 35.5. The third-order valence-electron chi connectivity index (χ3n) is 5.17. The van der Waals surface area contributed by atoms with Crippen LogP contribution in [0.25, 0.3) is 10.9 Å². The van der Waals surface area contributed by atoms with E-state index in [2.05, 4.69) is 26.6 Å². The maximum atomic E-state index is 12.2. The zero-order chi connectivity index (χ0) is 20.9. The molecule has 0 bridgehead atoms. The molecule has 1 aliphatic heterocycles. The van der Waals surface area contributed by atoms with Gasteiger partial charge in [0, 0.05) is 44.4 Å². The van der Waals surface area contributed by atoms with Gasteiger partial charge in [0.2, 0.25) is 0 Å². The minimum Gasteiger partial charge on any atom is -0.374 e. The van der Waals surface area contributed by atoms with Gasteiger partial charge in [-0.05, 0) is 46.8 Å². The zero-order valence-electron chi connectivity index (χ0n) is 16.5. The third kappa shape index (κ3) is 5.46. The molecule has 0 spiro atoms. The lowest BCUT2D eigenvalue weighted by atomic mass is 10.1. The molecule has 158 valence electrons. The lowest BCUT2D eigenvalue weighted by molar-refractivity contribution is -0.0287. The summed E-state index contributed by atoms with van der Waals surface area (Å²) in [5.74, 6) is 0. The van der Waals surface area contributed by atoms with Crippen LogP contribution in [0.5, 0.6) is 0 Å². The van der Waals surface area contributed by atoms with E-state index >= 15 is 0 Å². The summed E-state index contributed by atoms with van der Waals surface area (Å²) in [6, 6.07) is 13.6. The minimum absolute atomic E-state index is 0.0523. The Labute approximate surface area is 185 Å². The molecule has 30 heavy (non-hydrogen) atoms. The van der Waals surface area contributed by atoms with Crippen molar-refractivity contribution in [1.29, 1.82) is 0 Å². The largest absolute Gasteiger partial charge is 0.374 e. The second-order valence-electron chi connectivity index (χ2n) is 7.44. The first-order valence-electron chi connectivity index (χ1n) is 9.92. The van der Waals surface area contributed by atoms with Crippen molar-refractivity contribution < 1.29 is 9.53 Å². The van der Waals surface area contributed by atoms with E-state index in [-0.39, 0.29) is 12.1 Å². The molecule has 0 radical (unpaired) electrons. The van der Waals surface area contributed by atoms with E-state index in [0.717, 1.165) is 41.7 Å². The second-order valence-corrected chi connectivity index (χ2v) is 8.25. The number of ether oxygens (including phenoxy) is 1. The van der Waals surface area contributed by atoms with Gasteiger partial charge in [-0.15, -0.1) is 0 Å². The smallest absolute Gasteiger partial charge is 0.315 e. The number of fused-ring (bicyclic) bond motifs is 1. The van der Waals surface area contributed by atoms with Crippen LogP contribution in [-0.2, 0) is 17.8 Å². The van der Waals surface area contributed by atoms with Gasteiger partial charge >= 0.3 is 6.03 Å². The van der Waals surface area contributed by atoms with E-state index in [0.29, 0.717) is 29.7 Å². The van der Waals surface area contributed by atoms with Gasteiger partial charge in [-0.3, -0.25) is 4.90 Å². The van der Waals surface area contributed by atoms with E-state index in [1.165, 1.54) is 0 Å². The predicted octanol–water partition coefficient (Wildman–Crippen LogP) is 4.17. The number of carbonyl (C=O) groups excluding carboxylic acids is 1. The molecule has 0 saturated carbocycles. The number of urea groups is 1. The van der Waals surface area contributed by atoms with Crippen LogP contribution in [0.2, 0.25) is 10.0 Å². The van der Waals surface area contributed by atoms with E-state index in [1.54, 1.807) is 0 Å². The number of benzene rings is 2. The van der Waals surface area contributed by atoms with Crippen LogP contribution in [0, 0.1) is 0 Å². The number of nitrogens with one attached hydrogen (secondary N) is 3. The summed E-state index contributed by atoms with van der Waals surface area (Å²) in [4.78, 5) is 17.6. The number of hydrogen-bond donors (Lipinski definition) is 3. The number of rotatable bonds is 6. The number of H-pyrrole nitrogens is 1. The van der Waals surface area contributed by atoms with Crippen LogP contribution in [0.4, 0.5) is 4.79 Å². The summed E-state index contributed by atoms with van der Waals surface area (Å²) in [5.41, 5.74) is 3.25. The quantitative estimate of drug-likeness (QED) is 0.531. The number of carbonyl (C=O) groups is 1. The van der Waals surface area contributed by atoms with Gasteiger partial charge in [0.05, 0.1) is 22.8 Å². The second kappa shape index (κ2) is 9.71. The highest BCUT2D eigenvalue weighted by Gasteiger charge is 2.21. The molecule has 4 rings (SSSR count). The molecule has 1 aromatic heterocycles. The van der Waals surface area contributed by atoms with Crippen LogP contribution in [0.1, 0.15) is 11.1 Å². The SMILES string of the molecule is O=C(NCc1ccc2[nH]ccc2c1)NCC1CN(Cc2ccc(Cl)c(Cl)c2)CCO1. The molecule has 3 aromatic rings. The molecular formula is C22H24Cl2N4O2. The maximum Gasteiger partial charge on any atom is 0.315 e. The van der Waals surface area contributed by atoms with Crippen molar-refractivity contribution in [3.05, 3.63) is 69.8 Å². The number of amides is 2.